The van der Waals surface area contributed by atoms with Crippen molar-refractivity contribution in [1.29, 1.82) is 0 Å². The Hall–Kier alpha value is -2.40. The molecule has 2 aromatic carbocycles. The fourth-order valence-electron chi connectivity index (χ4n) is 1.74. The number of rotatable bonds is 4. The molecule has 0 saturated carbocycles. The van der Waals surface area contributed by atoms with Gasteiger partial charge in [-0.2, -0.15) is 0 Å². The van der Waals surface area contributed by atoms with Crippen molar-refractivity contribution in [2.24, 2.45) is 0 Å². The van der Waals surface area contributed by atoms with E-state index in [0.717, 1.165) is 4.90 Å². The number of hydrogen-bond donors (Lipinski definition) is 3. The summed E-state index contributed by atoms with van der Waals surface area (Å²) in [6.45, 7) is 0. The van der Waals surface area contributed by atoms with E-state index in [-0.39, 0.29) is 11.3 Å². The van der Waals surface area contributed by atoms with Gasteiger partial charge in [0.25, 0.3) is 0 Å². The first-order valence-electron chi connectivity index (χ1n) is 6.13. The Labute approximate surface area is 126 Å². The fraction of sp³-hybridized carbons (Fsp3) is 0.0625. The molecule has 0 aromatic heterocycles. The van der Waals surface area contributed by atoms with Crippen LogP contribution in [0.25, 0.3) is 6.08 Å². The van der Waals surface area contributed by atoms with Crippen LogP contribution in [0, 0.1) is 0 Å². The summed E-state index contributed by atoms with van der Waals surface area (Å²) in [5, 5.41) is 28.3. The molecule has 0 atom stereocenters. The van der Waals surface area contributed by atoms with Gasteiger partial charge < -0.3 is 15.3 Å². The van der Waals surface area contributed by atoms with Gasteiger partial charge in [0.05, 0.1) is 0 Å². The van der Waals surface area contributed by atoms with Crippen LogP contribution in [0.5, 0.6) is 17.2 Å². The van der Waals surface area contributed by atoms with Crippen molar-refractivity contribution in [1.82, 2.24) is 0 Å². The largest absolute Gasteiger partial charge is 0.504 e. The van der Waals surface area contributed by atoms with Crippen LogP contribution in [0.1, 0.15) is 15.9 Å². The summed E-state index contributed by atoms with van der Waals surface area (Å²) >= 11 is 1.59. The molecule has 108 valence electrons. The molecule has 0 spiro atoms. The minimum Gasteiger partial charge on any atom is -0.504 e. The number of thioether (sulfide) groups is 1. The zero-order chi connectivity index (χ0) is 15.4. The normalized spacial score (nSPS) is 10.9. The molecule has 21 heavy (non-hydrogen) atoms. The molecule has 2 rings (SSSR count). The van der Waals surface area contributed by atoms with Crippen LogP contribution in [-0.4, -0.2) is 27.4 Å². The second kappa shape index (κ2) is 6.37. The minimum absolute atomic E-state index is 0.213. The highest BCUT2D eigenvalue weighted by Gasteiger charge is 2.09. The number of benzene rings is 2. The molecule has 2 aromatic rings. The Kier molecular flexibility index (Phi) is 4.55. The number of hydrogen-bond acceptors (Lipinski definition) is 5. The molecule has 3 N–H and O–H groups in total. The lowest BCUT2D eigenvalue weighted by molar-refractivity contribution is 0.104. The average Bonchev–Trinajstić information content (AvgIpc) is 2.52. The fourth-order valence-corrected chi connectivity index (χ4v) is 2.14. The maximum Gasteiger partial charge on any atom is 0.200 e. The molecule has 0 unspecified atom stereocenters. The van der Waals surface area contributed by atoms with Gasteiger partial charge in [0.1, 0.15) is 0 Å². The molecule has 0 aliphatic rings. The van der Waals surface area contributed by atoms with Gasteiger partial charge in [-0.15, -0.1) is 11.8 Å². The number of phenolic OH excluding ortho intramolecular Hbond substituents is 3. The maximum atomic E-state index is 12.0. The van der Waals surface area contributed by atoms with E-state index < -0.39 is 17.2 Å². The molecule has 0 amide bonds. The van der Waals surface area contributed by atoms with E-state index >= 15 is 0 Å². The summed E-state index contributed by atoms with van der Waals surface area (Å²) < 4.78 is 0. The Morgan fingerprint density at radius 3 is 2.29 bits per heavy atom. The van der Waals surface area contributed by atoms with Gasteiger partial charge in [-0.1, -0.05) is 0 Å². The van der Waals surface area contributed by atoms with Crippen LogP contribution in [0.2, 0.25) is 0 Å². The van der Waals surface area contributed by atoms with Gasteiger partial charge in [0.2, 0.25) is 5.75 Å². The first-order valence-corrected chi connectivity index (χ1v) is 7.35. The Morgan fingerprint density at radius 2 is 1.67 bits per heavy atom. The van der Waals surface area contributed by atoms with Crippen molar-refractivity contribution in [2.75, 3.05) is 6.26 Å². The van der Waals surface area contributed by atoms with E-state index in [2.05, 4.69) is 0 Å². The molecular formula is C16H14O4S. The molecule has 4 nitrogen and oxygen atoms in total. The van der Waals surface area contributed by atoms with Crippen LogP contribution in [0.3, 0.4) is 0 Å². The molecule has 0 heterocycles. The zero-order valence-electron chi connectivity index (χ0n) is 11.3. The first-order chi connectivity index (χ1) is 10.0. The van der Waals surface area contributed by atoms with Crippen molar-refractivity contribution in [3.63, 3.8) is 0 Å². The molecule has 0 fully saturated rings. The van der Waals surface area contributed by atoms with Gasteiger partial charge in [0, 0.05) is 16.0 Å². The van der Waals surface area contributed by atoms with Crippen LogP contribution in [0.4, 0.5) is 0 Å². The maximum absolute atomic E-state index is 12.0. The van der Waals surface area contributed by atoms with Gasteiger partial charge in [-0.25, -0.2) is 0 Å². The predicted octanol–water partition coefficient (Wildman–Crippen LogP) is 3.42. The predicted molar refractivity (Wildman–Crippen MR) is 83.0 cm³/mol. The van der Waals surface area contributed by atoms with E-state index in [1.54, 1.807) is 23.9 Å². The number of phenols is 3. The third-order valence-electron chi connectivity index (χ3n) is 2.95. The molecular weight excluding hydrogens is 288 g/mol. The third kappa shape index (κ3) is 3.38. The van der Waals surface area contributed by atoms with Crippen molar-refractivity contribution < 1.29 is 20.1 Å². The third-order valence-corrected chi connectivity index (χ3v) is 3.69. The van der Waals surface area contributed by atoms with Crippen molar-refractivity contribution >= 4 is 23.6 Å². The van der Waals surface area contributed by atoms with Gasteiger partial charge in [-0.3, -0.25) is 4.79 Å². The number of allylic oxidation sites excluding steroid dienone is 1. The van der Waals surface area contributed by atoms with E-state index in [1.807, 2.05) is 18.4 Å². The van der Waals surface area contributed by atoms with Gasteiger partial charge >= 0.3 is 0 Å². The molecule has 0 bridgehead atoms. The molecule has 0 radical (unpaired) electrons. The standard InChI is InChI=1S/C16H14O4S/c1-21-12-6-2-10(3-7-12)13(17)8-4-11-5-9-14(18)16(20)15(11)19/h2-9,18-20H,1H3. The topological polar surface area (TPSA) is 77.8 Å². The van der Waals surface area contributed by atoms with Gasteiger partial charge in [0.15, 0.2) is 17.3 Å². The second-order valence-electron chi connectivity index (χ2n) is 4.30. The quantitative estimate of drug-likeness (QED) is 0.349. The average molecular weight is 302 g/mol. The number of ketones is 1. The Balaban J connectivity index is 2.20. The van der Waals surface area contributed by atoms with E-state index in [9.17, 15) is 20.1 Å². The van der Waals surface area contributed by atoms with Crippen molar-refractivity contribution in [2.45, 2.75) is 4.90 Å². The molecule has 0 aliphatic carbocycles. The lowest BCUT2D eigenvalue weighted by Gasteiger charge is -2.03. The summed E-state index contributed by atoms with van der Waals surface area (Å²) in [5.41, 5.74) is 0.783. The van der Waals surface area contributed by atoms with E-state index in [0.29, 0.717) is 5.56 Å². The Morgan fingerprint density at radius 1 is 1.00 bits per heavy atom. The number of carbonyl (C=O) groups excluding carboxylic acids is 1. The summed E-state index contributed by atoms with van der Waals surface area (Å²) in [6, 6.07) is 9.82. The van der Waals surface area contributed by atoms with Crippen LogP contribution in [-0.2, 0) is 0 Å². The highest BCUT2D eigenvalue weighted by molar-refractivity contribution is 7.98. The lowest BCUT2D eigenvalue weighted by Crippen LogP contribution is -1.93. The van der Waals surface area contributed by atoms with Crippen molar-refractivity contribution in [3.05, 3.63) is 53.6 Å². The zero-order valence-corrected chi connectivity index (χ0v) is 12.1. The number of aromatic hydroxyl groups is 3. The van der Waals surface area contributed by atoms with E-state index in [4.69, 9.17) is 0 Å². The van der Waals surface area contributed by atoms with Gasteiger partial charge in [-0.05, 0) is 54.8 Å². The minimum atomic E-state index is -0.603. The van der Waals surface area contributed by atoms with Crippen LogP contribution in [0.15, 0.2) is 47.4 Å². The molecule has 0 aliphatic heterocycles. The molecule has 0 saturated heterocycles. The van der Waals surface area contributed by atoms with Crippen LogP contribution < -0.4 is 0 Å². The van der Waals surface area contributed by atoms with E-state index in [1.165, 1.54) is 24.3 Å². The highest BCUT2D eigenvalue weighted by Crippen LogP contribution is 2.37. The smallest absolute Gasteiger partial charge is 0.200 e. The summed E-state index contributed by atoms with van der Waals surface area (Å²) in [6.07, 6.45) is 4.65. The number of carbonyl (C=O) groups is 1. The van der Waals surface area contributed by atoms with Crippen molar-refractivity contribution in [3.8, 4) is 17.2 Å². The highest BCUT2D eigenvalue weighted by atomic mass is 32.2. The second-order valence-corrected chi connectivity index (χ2v) is 5.18. The summed E-state index contributed by atoms with van der Waals surface area (Å²) in [7, 11) is 0. The Bertz CT molecular complexity index is 690. The summed E-state index contributed by atoms with van der Waals surface area (Å²) in [4.78, 5) is 13.1. The monoisotopic (exact) mass is 302 g/mol. The van der Waals surface area contributed by atoms with Crippen LogP contribution >= 0.6 is 11.8 Å². The summed E-state index contributed by atoms with van der Waals surface area (Å²) in [5.74, 6) is -1.69. The lowest BCUT2D eigenvalue weighted by atomic mass is 10.1. The molecule has 5 heteroatoms. The first kappa shape index (κ1) is 15.0. The SMILES string of the molecule is CSc1ccc(C(=O)C=Cc2ccc(O)c(O)c2O)cc1.